The predicted molar refractivity (Wildman–Crippen MR) is 126 cm³/mol. The molecule has 6 heteroatoms. The molecule has 1 aromatic carbocycles. The number of H-pyrrole nitrogens is 1. The highest BCUT2D eigenvalue weighted by Gasteiger charge is 2.31. The number of Topliss-reactive ketones (excluding diaryl/α,β-unsaturated/α-hetero) is 1. The van der Waals surface area contributed by atoms with Crippen LogP contribution in [0.1, 0.15) is 71.5 Å². The Morgan fingerprint density at radius 3 is 2.53 bits per heavy atom. The summed E-state index contributed by atoms with van der Waals surface area (Å²) in [6.45, 7) is 7.70. The number of hydrogen-bond donors (Lipinski definition) is 2. The number of aryl methyl sites for hydroxylation is 2. The van der Waals surface area contributed by atoms with Crippen LogP contribution in [0.2, 0.25) is 0 Å². The minimum Gasteiger partial charge on any atom is -0.348 e. The summed E-state index contributed by atoms with van der Waals surface area (Å²) in [5, 5.41) is 3.75. The number of para-hydroxylation sites is 1. The van der Waals surface area contributed by atoms with E-state index in [0.717, 1.165) is 53.5 Å². The standard InChI is InChI=1S/C26H31N3O3/c1-15-13-16(2)28-25(31)21(15)14-27-26(32)23-17(3)29(22-12-8-7-11-20(22)23)18(4)24(30)19-9-5-6-10-19/h7-8,11-13,18-19H,5-6,9-10,14H2,1-4H3,(H,27,32)(H,28,31). The molecule has 6 nitrogen and oxygen atoms in total. The van der Waals surface area contributed by atoms with Crippen LogP contribution in [0.25, 0.3) is 10.9 Å². The number of carbonyl (C=O) groups is 2. The van der Waals surface area contributed by atoms with Gasteiger partial charge in [-0.3, -0.25) is 14.4 Å². The zero-order valence-electron chi connectivity index (χ0n) is 19.2. The van der Waals surface area contributed by atoms with Crippen molar-refractivity contribution in [2.75, 3.05) is 0 Å². The van der Waals surface area contributed by atoms with Crippen molar-refractivity contribution in [2.45, 2.75) is 66.0 Å². The first kappa shape index (κ1) is 22.1. The lowest BCUT2D eigenvalue weighted by molar-refractivity contribution is -0.125. The number of ketones is 1. The van der Waals surface area contributed by atoms with E-state index in [4.69, 9.17) is 0 Å². The molecule has 0 radical (unpaired) electrons. The number of carbonyl (C=O) groups excluding carboxylic acids is 2. The third kappa shape index (κ3) is 3.90. The zero-order valence-corrected chi connectivity index (χ0v) is 19.2. The monoisotopic (exact) mass is 433 g/mol. The quantitative estimate of drug-likeness (QED) is 0.600. The van der Waals surface area contributed by atoms with Gasteiger partial charge in [0, 0.05) is 40.3 Å². The van der Waals surface area contributed by atoms with Crippen LogP contribution in [-0.4, -0.2) is 21.2 Å². The Morgan fingerprint density at radius 1 is 1.16 bits per heavy atom. The molecular formula is C26H31N3O3. The van der Waals surface area contributed by atoms with Gasteiger partial charge in [0.1, 0.15) is 0 Å². The fourth-order valence-electron chi connectivity index (χ4n) is 5.21. The molecule has 2 aromatic heterocycles. The van der Waals surface area contributed by atoms with Gasteiger partial charge in [0.2, 0.25) is 0 Å². The van der Waals surface area contributed by atoms with Crippen LogP contribution in [0.3, 0.4) is 0 Å². The van der Waals surface area contributed by atoms with E-state index in [9.17, 15) is 14.4 Å². The average Bonchev–Trinajstić information content (AvgIpc) is 3.37. The minimum absolute atomic E-state index is 0.110. The largest absolute Gasteiger partial charge is 0.348 e. The summed E-state index contributed by atoms with van der Waals surface area (Å²) in [7, 11) is 0. The molecule has 2 heterocycles. The second kappa shape index (κ2) is 8.77. The first-order chi connectivity index (χ1) is 15.3. The third-order valence-corrected chi connectivity index (χ3v) is 6.86. The lowest BCUT2D eigenvalue weighted by Gasteiger charge is -2.20. The average molecular weight is 434 g/mol. The first-order valence-electron chi connectivity index (χ1n) is 11.4. The van der Waals surface area contributed by atoms with Crippen molar-refractivity contribution >= 4 is 22.6 Å². The van der Waals surface area contributed by atoms with E-state index in [2.05, 4.69) is 10.3 Å². The fraction of sp³-hybridized carbons (Fsp3) is 0.423. The molecule has 1 fully saturated rings. The van der Waals surface area contributed by atoms with Gasteiger partial charge in [-0.25, -0.2) is 0 Å². The molecule has 1 aliphatic carbocycles. The summed E-state index contributed by atoms with van der Waals surface area (Å²) in [6, 6.07) is 9.29. The molecule has 0 spiro atoms. The van der Waals surface area contributed by atoms with Gasteiger partial charge in [0.25, 0.3) is 11.5 Å². The van der Waals surface area contributed by atoms with Crippen molar-refractivity contribution in [1.82, 2.24) is 14.9 Å². The predicted octanol–water partition coefficient (Wildman–Crippen LogP) is 4.51. The molecule has 2 N–H and O–H groups in total. The molecule has 32 heavy (non-hydrogen) atoms. The van der Waals surface area contributed by atoms with Crippen molar-refractivity contribution < 1.29 is 9.59 Å². The van der Waals surface area contributed by atoms with E-state index in [0.29, 0.717) is 11.1 Å². The van der Waals surface area contributed by atoms with E-state index in [-0.39, 0.29) is 35.8 Å². The maximum atomic E-state index is 13.3. The number of rotatable bonds is 6. The topological polar surface area (TPSA) is 84.0 Å². The van der Waals surface area contributed by atoms with Crippen molar-refractivity contribution in [3.8, 4) is 0 Å². The number of benzene rings is 1. The normalized spacial score (nSPS) is 15.2. The molecule has 1 unspecified atom stereocenters. The molecule has 1 aliphatic rings. The van der Waals surface area contributed by atoms with Gasteiger partial charge in [0.05, 0.1) is 11.6 Å². The molecule has 1 saturated carbocycles. The van der Waals surface area contributed by atoms with Crippen molar-refractivity contribution in [1.29, 1.82) is 0 Å². The Hall–Kier alpha value is -3.15. The van der Waals surface area contributed by atoms with Crippen molar-refractivity contribution in [3.05, 3.63) is 68.8 Å². The number of amides is 1. The molecule has 168 valence electrons. The molecule has 0 bridgehead atoms. The van der Waals surface area contributed by atoms with Crippen LogP contribution in [0.4, 0.5) is 0 Å². The number of aromatic nitrogens is 2. The Balaban J connectivity index is 1.67. The van der Waals surface area contributed by atoms with E-state index < -0.39 is 0 Å². The van der Waals surface area contributed by atoms with Gasteiger partial charge in [0.15, 0.2) is 5.78 Å². The summed E-state index contributed by atoms with van der Waals surface area (Å²) >= 11 is 0. The zero-order chi connectivity index (χ0) is 23.0. The summed E-state index contributed by atoms with van der Waals surface area (Å²) in [5.41, 5.74) is 4.24. The van der Waals surface area contributed by atoms with E-state index in [1.807, 2.05) is 62.6 Å². The molecule has 1 atom stereocenters. The Labute approximate surface area is 188 Å². The van der Waals surface area contributed by atoms with Gasteiger partial charge in [-0.2, -0.15) is 0 Å². The van der Waals surface area contributed by atoms with Crippen LogP contribution in [0.15, 0.2) is 35.1 Å². The number of aromatic amines is 1. The number of hydrogen-bond acceptors (Lipinski definition) is 3. The number of nitrogens with one attached hydrogen (secondary N) is 2. The van der Waals surface area contributed by atoms with E-state index in [1.165, 1.54) is 0 Å². The second-order valence-corrected chi connectivity index (χ2v) is 9.03. The van der Waals surface area contributed by atoms with Gasteiger partial charge < -0.3 is 14.9 Å². The van der Waals surface area contributed by atoms with Crippen LogP contribution in [0.5, 0.6) is 0 Å². The molecule has 1 amide bonds. The molecule has 3 aromatic rings. The number of nitrogens with zero attached hydrogens (tertiary/aromatic N) is 1. The van der Waals surface area contributed by atoms with Crippen LogP contribution < -0.4 is 10.9 Å². The highest BCUT2D eigenvalue weighted by Crippen LogP contribution is 2.34. The van der Waals surface area contributed by atoms with Crippen molar-refractivity contribution in [3.63, 3.8) is 0 Å². The SMILES string of the molecule is Cc1cc(C)c(CNC(=O)c2c(C)n(C(C)C(=O)C3CCCC3)c3ccccc23)c(=O)[nH]1. The summed E-state index contributed by atoms with van der Waals surface area (Å²) in [6.07, 6.45) is 4.14. The summed E-state index contributed by atoms with van der Waals surface area (Å²) < 4.78 is 2.01. The minimum atomic E-state index is -0.327. The maximum absolute atomic E-state index is 13.3. The number of pyridine rings is 1. The molecular weight excluding hydrogens is 402 g/mol. The fourth-order valence-corrected chi connectivity index (χ4v) is 5.21. The van der Waals surface area contributed by atoms with Gasteiger partial charge in [-0.05, 0) is 58.2 Å². The third-order valence-electron chi connectivity index (χ3n) is 6.86. The molecule has 4 rings (SSSR count). The van der Waals surface area contributed by atoms with Gasteiger partial charge >= 0.3 is 0 Å². The first-order valence-corrected chi connectivity index (χ1v) is 11.4. The number of fused-ring (bicyclic) bond motifs is 1. The lowest BCUT2D eigenvalue weighted by atomic mass is 9.97. The van der Waals surface area contributed by atoms with Crippen LogP contribution >= 0.6 is 0 Å². The van der Waals surface area contributed by atoms with E-state index >= 15 is 0 Å². The Bertz CT molecular complexity index is 1250. The van der Waals surface area contributed by atoms with Gasteiger partial charge in [-0.1, -0.05) is 31.0 Å². The maximum Gasteiger partial charge on any atom is 0.254 e. The molecule has 0 aliphatic heterocycles. The Kier molecular flexibility index (Phi) is 6.04. The van der Waals surface area contributed by atoms with Crippen LogP contribution in [-0.2, 0) is 11.3 Å². The van der Waals surface area contributed by atoms with E-state index in [1.54, 1.807) is 0 Å². The second-order valence-electron chi connectivity index (χ2n) is 9.03. The Morgan fingerprint density at radius 2 is 1.84 bits per heavy atom. The molecule has 0 saturated heterocycles. The van der Waals surface area contributed by atoms with Crippen LogP contribution in [0, 0.1) is 26.7 Å². The lowest BCUT2D eigenvalue weighted by Crippen LogP contribution is -2.28. The highest BCUT2D eigenvalue weighted by atomic mass is 16.2. The van der Waals surface area contributed by atoms with Gasteiger partial charge in [-0.15, -0.1) is 0 Å². The summed E-state index contributed by atoms with van der Waals surface area (Å²) in [4.78, 5) is 41.6. The summed E-state index contributed by atoms with van der Waals surface area (Å²) in [5.74, 6) is 0.122. The van der Waals surface area contributed by atoms with Crippen molar-refractivity contribution in [2.24, 2.45) is 5.92 Å². The smallest absolute Gasteiger partial charge is 0.254 e. The highest BCUT2D eigenvalue weighted by molar-refractivity contribution is 6.09.